The number of rotatable bonds is 5. The molecule has 0 bridgehead atoms. The van der Waals surface area contributed by atoms with Gasteiger partial charge in [-0.15, -0.1) is 0 Å². The first-order chi connectivity index (χ1) is 10.4. The van der Waals surface area contributed by atoms with E-state index >= 15 is 0 Å². The van der Waals surface area contributed by atoms with Crippen LogP contribution in [-0.2, 0) is 10.0 Å². The lowest BCUT2D eigenvalue weighted by Crippen LogP contribution is -2.34. The predicted octanol–water partition coefficient (Wildman–Crippen LogP) is 2.57. The fourth-order valence-electron chi connectivity index (χ4n) is 1.96. The van der Waals surface area contributed by atoms with Gasteiger partial charge in [-0.2, -0.15) is 9.57 Å². The molecule has 0 aliphatic heterocycles. The third kappa shape index (κ3) is 3.18. The third-order valence-electron chi connectivity index (χ3n) is 3.45. The third-order valence-corrected chi connectivity index (χ3v) is 5.44. The van der Waals surface area contributed by atoms with Gasteiger partial charge in [-0.1, -0.05) is 12.1 Å². The van der Waals surface area contributed by atoms with Crippen LogP contribution in [0.3, 0.4) is 0 Å². The van der Waals surface area contributed by atoms with Crippen LogP contribution in [0.15, 0.2) is 39.8 Å². The van der Waals surface area contributed by atoms with Crippen LogP contribution in [0, 0.1) is 18.3 Å². The number of benzene rings is 1. The summed E-state index contributed by atoms with van der Waals surface area (Å²) in [6.45, 7) is 3.45. The Morgan fingerprint density at radius 1 is 1.36 bits per heavy atom. The zero-order valence-electron chi connectivity index (χ0n) is 12.6. The number of nitrogens with zero attached hydrogens (tertiary/aromatic N) is 3. The summed E-state index contributed by atoms with van der Waals surface area (Å²) in [5.41, 5.74) is 1.44. The van der Waals surface area contributed by atoms with E-state index in [0.717, 1.165) is 5.56 Å². The summed E-state index contributed by atoms with van der Waals surface area (Å²) >= 11 is 0. The van der Waals surface area contributed by atoms with Crippen LogP contribution in [0.25, 0.3) is 11.3 Å². The second-order valence-corrected chi connectivity index (χ2v) is 7.01. The summed E-state index contributed by atoms with van der Waals surface area (Å²) in [6, 6.07) is 8.04. The highest BCUT2D eigenvalue weighted by atomic mass is 32.2. The van der Waals surface area contributed by atoms with Crippen LogP contribution in [0.4, 0.5) is 0 Å². The van der Waals surface area contributed by atoms with E-state index in [1.54, 1.807) is 26.0 Å². The Labute approximate surface area is 130 Å². The first kappa shape index (κ1) is 16.2. The van der Waals surface area contributed by atoms with Crippen molar-refractivity contribution in [2.45, 2.75) is 31.2 Å². The minimum absolute atomic E-state index is 0.145. The molecule has 1 heterocycles. The van der Waals surface area contributed by atoms with Crippen LogP contribution in [0.1, 0.15) is 19.2 Å². The molecule has 22 heavy (non-hydrogen) atoms. The Balaban J connectivity index is 2.28. The molecule has 2 rings (SSSR count). The number of hydrogen-bond donors (Lipinski definition) is 0. The minimum atomic E-state index is -3.62. The van der Waals surface area contributed by atoms with E-state index < -0.39 is 10.0 Å². The van der Waals surface area contributed by atoms with Crippen molar-refractivity contribution in [3.05, 3.63) is 36.4 Å². The fraction of sp³-hybridized carbons (Fsp3) is 0.333. The lowest BCUT2D eigenvalue weighted by molar-refractivity contribution is 0.393. The molecular weight excluding hydrogens is 302 g/mol. The highest BCUT2D eigenvalue weighted by Gasteiger charge is 2.25. The van der Waals surface area contributed by atoms with Crippen molar-refractivity contribution >= 4 is 10.0 Å². The Hall–Kier alpha value is -2.17. The summed E-state index contributed by atoms with van der Waals surface area (Å²) in [5.74, 6) is 0.553. The second kappa shape index (κ2) is 6.30. The van der Waals surface area contributed by atoms with E-state index in [-0.39, 0.29) is 17.4 Å². The Morgan fingerprint density at radius 2 is 2.00 bits per heavy atom. The molecule has 1 aromatic carbocycles. The summed E-state index contributed by atoms with van der Waals surface area (Å²) in [4.78, 5) is 4.38. The molecule has 7 heteroatoms. The monoisotopic (exact) mass is 319 g/mol. The van der Waals surface area contributed by atoms with Crippen LogP contribution in [0.5, 0.6) is 0 Å². The molecule has 0 N–H and O–H groups in total. The highest BCUT2D eigenvalue weighted by Crippen LogP contribution is 2.23. The van der Waals surface area contributed by atoms with E-state index in [2.05, 4.69) is 4.98 Å². The molecule has 0 aliphatic rings. The predicted molar refractivity (Wildman–Crippen MR) is 81.3 cm³/mol. The summed E-state index contributed by atoms with van der Waals surface area (Å²) < 4.78 is 31.3. The highest BCUT2D eigenvalue weighted by molar-refractivity contribution is 7.89. The number of aromatic nitrogens is 1. The number of nitriles is 1. The number of oxazole rings is 1. The van der Waals surface area contributed by atoms with Crippen LogP contribution in [0.2, 0.25) is 0 Å². The minimum Gasteiger partial charge on any atom is -0.449 e. The molecule has 0 saturated heterocycles. The molecule has 0 saturated carbocycles. The first-order valence-electron chi connectivity index (χ1n) is 6.74. The van der Waals surface area contributed by atoms with Crippen molar-refractivity contribution in [3.63, 3.8) is 0 Å². The maximum atomic E-state index is 12.5. The quantitative estimate of drug-likeness (QED) is 0.845. The molecule has 0 fully saturated rings. The van der Waals surface area contributed by atoms with E-state index in [4.69, 9.17) is 9.68 Å². The molecule has 0 amide bonds. The van der Waals surface area contributed by atoms with E-state index in [1.165, 1.54) is 29.7 Å². The van der Waals surface area contributed by atoms with E-state index in [9.17, 15) is 8.42 Å². The first-order valence-corrected chi connectivity index (χ1v) is 8.18. The zero-order chi connectivity index (χ0) is 16.3. The van der Waals surface area contributed by atoms with Crippen molar-refractivity contribution in [1.82, 2.24) is 9.29 Å². The molecule has 1 atom stereocenters. The van der Waals surface area contributed by atoms with Crippen molar-refractivity contribution in [2.75, 3.05) is 7.05 Å². The van der Waals surface area contributed by atoms with Gasteiger partial charge in [0.2, 0.25) is 10.0 Å². The van der Waals surface area contributed by atoms with Gasteiger partial charge in [0.1, 0.15) is 12.0 Å². The molecule has 6 nitrogen and oxygen atoms in total. The fourth-order valence-corrected chi connectivity index (χ4v) is 3.32. The summed E-state index contributed by atoms with van der Waals surface area (Å²) in [7, 11) is -2.14. The number of hydrogen-bond acceptors (Lipinski definition) is 5. The van der Waals surface area contributed by atoms with Gasteiger partial charge in [0, 0.05) is 25.6 Å². The largest absolute Gasteiger partial charge is 0.449 e. The van der Waals surface area contributed by atoms with Gasteiger partial charge in [0.05, 0.1) is 17.4 Å². The Morgan fingerprint density at radius 3 is 2.50 bits per heavy atom. The van der Waals surface area contributed by atoms with Crippen molar-refractivity contribution in [3.8, 4) is 17.3 Å². The van der Waals surface area contributed by atoms with Gasteiger partial charge in [-0.25, -0.2) is 13.4 Å². The van der Waals surface area contributed by atoms with Gasteiger partial charge in [-0.3, -0.25) is 0 Å². The Kier molecular flexibility index (Phi) is 4.64. The SMILES string of the molecule is Cc1nc(-c2ccc(S(=O)(=O)N(C)[C@H](C)CC#N)cc2)co1. The smallest absolute Gasteiger partial charge is 0.243 e. The summed E-state index contributed by atoms with van der Waals surface area (Å²) in [5, 5.41) is 8.70. The average molecular weight is 319 g/mol. The second-order valence-electron chi connectivity index (χ2n) is 5.01. The standard InChI is InChI=1S/C15H17N3O3S/c1-11(8-9-16)18(3)22(19,20)14-6-4-13(5-7-14)15-10-21-12(2)17-15/h4-7,10-11H,8H2,1-3H3/t11-/m1/s1. The number of aryl methyl sites for hydroxylation is 1. The molecule has 0 unspecified atom stereocenters. The van der Waals surface area contributed by atoms with Gasteiger partial charge < -0.3 is 4.42 Å². The lowest BCUT2D eigenvalue weighted by atomic mass is 10.2. The van der Waals surface area contributed by atoms with Crippen molar-refractivity contribution in [2.24, 2.45) is 0 Å². The van der Waals surface area contributed by atoms with E-state index in [1.807, 2.05) is 6.07 Å². The van der Waals surface area contributed by atoms with Crippen LogP contribution >= 0.6 is 0 Å². The maximum Gasteiger partial charge on any atom is 0.243 e. The van der Waals surface area contributed by atoms with Gasteiger partial charge in [-0.05, 0) is 19.1 Å². The molecule has 1 aromatic heterocycles. The normalized spacial score (nSPS) is 13.0. The van der Waals surface area contributed by atoms with Crippen molar-refractivity contribution < 1.29 is 12.8 Å². The number of sulfonamides is 1. The zero-order valence-corrected chi connectivity index (χ0v) is 13.5. The van der Waals surface area contributed by atoms with Gasteiger partial charge in [0.25, 0.3) is 0 Å². The Bertz CT molecular complexity index is 788. The molecule has 2 aromatic rings. The molecule has 0 radical (unpaired) electrons. The van der Waals surface area contributed by atoms with E-state index in [0.29, 0.717) is 11.6 Å². The van der Waals surface area contributed by atoms with Crippen LogP contribution < -0.4 is 0 Å². The van der Waals surface area contributed by atoms with Gasteiger partial charge in [0.15, 0.2) is 5.89 Å². The maximum absolute atomic E-state index is 12.5. The van der Waals surface area contributed by atoms with Crippen LogP contribution in [-0.4, -0.2) is 30.8 Å². The molecule has 0 aliphatic carbocycles. The molecule has 0 spiro atoms. The molecular formula is C15H17N3O3S. The molecule has 116 valence electrons. The lowest BCUT2D eigenvalue weighted by Gasteiger charge is -2.22. The summed E-state index contributed by atoms with van der Waals surface area (Å²) in [6.07, 6.45) is 1.67. The topological polar surface area (TPSA) is 87.2 Å². The average Bonchev–Trinajstić information content (AvgIpc) is 2.93. The van der Waals surface area contributed by atoms with Gasteiger partial charge >= 0.3 is 0 Å². The van der Waals surface area contributed by atoms with Crippen molar-refractivity contribution in [1.29, 1.82) is 5.26 Å².